The number of benzene rings is 1. The Hall–Kier alpha value is -1.98. The van der Waals surface area contributed by atoms with E-state index in [4.69, 9.17) is 4.74 Å². The van der Waals surface area contributed by atoms with E-state index >= 15 is 0 Å². The number of ether oxygens (including phenoxy) is 1. The first-order chi connectivity index (χ1) is 16.8. The van der Waals surface area contributed by atoms with Gasteiger partial charge in [0.25, 0.3) is 0 Å². The number of nitrogens with one attached hydrogen (secondary N) is 2. The molecule has 196 valence electrons. The van der Waals surface area contributed by atoms with Crippen molar-refractivity contribution in [2.24, 2.45) is 0 Å². The van der Waals surface area contributed by atoms with Crippen molar-refractivity contribution in [2.75, 3.05) is 32.5 Å². The Morgan fingerprint density at radius 3 is 2.54 bits per heavy atom. The van der Waals surface area contributed by atoms with E-state index in [-0.39, 0.29) is 24.6 Å². The second kappa shape index (κ2) is 15.2. The van der Waals surface area contributed by atoms with Gasteiger partial charge < -0.3 is 20.5 Å². The highest BCUT2D eigenvalue weighted by molar-refractivity contribution is 7.89. The molecule has 1 amide bonds. The average Bonchev–Trinajstić information content (AvgIpc) is 3.35. The SMILES string of the molecule is CCCN(CCC)S(=O)(=O)CCC(=O)NC(Cc1ccsc1)C(O)CNCc1cccc(OC)c1. The summed E-state index contributed by atoms with van der Waals surface area (Å²) in [5.41, 5.74) is 2.03. The molecule has 0 saturated carbocycles. The third-order valence-corrected chi connectivity index (χ3v) is 8.19. The van der Waals surface area contributed by atoms with Crippen LogP contribution in [-0.4, -0.2) is 68.4 Å². The second-order valence-electron chi connectivity index (χ2n) is 8.52. The number of hydrogen-bond acceptors (Lipinski definition) is 7. The molecule has 2 aromatic rings. The zero-order valence-corrected chi connectivity index (χ0v) is 22.5. The summed E-state index contributed by atoms with van der Waals surface area (Å²) in [5.74, 6) is 0.140. The van der Waals surface area contributed by atoms with Crippen molar-refractivity contribution >= 4 is 27.3 Å². The molecule has 0 saturated heterocycles. The van der Waals surface area contributed by atoms with E-state index in [0.717, 1.165) is 29.7 Å². The largest absolute Gasteiger partial charge is 0.497 e. The molecule has 1 heterocycles. The Morgan fingerprint density at radius 1 is 1.17 bits per heavy atom. The summed E-state index contributed by atoms with van der Waals surface area (Å²) in [5, 5.41) is 20.9. The number of methoxy groups -OCH3 is 1. The first kappa shape index (κ1) is 29.3. The van der Waals surface area contributed by atoms with E-state index in [2.05, 4.69) is 10.6 Å². The van der Waals surface area contributed by atoms with E-state index in [0.29, 0.717) is 26.1 Å². The number of carbonyl (C=O) groups is 1. The van der Waals surface area contributed by atoms with Gasteiger partial charge in [-0.1, -0.05) is 26.0 Å². The number of thiophene rings is 1. The summed E-state index contributed by atoms with van der Waals surface area (Å²) in [6, 6.07) is 9.08. The summed E-state index contributed by atoms with van der Waals surface area (Å²) in [6.07, 6.45) is 0.919. The molecule has 0 aliphatic heterocycles. The van der Waals surface area contributed by atoms with Crippen LogP contribution in [0.1, 0.15) is 44.2 Å². The maximum Gasteiger partial charge on any atom is 0.221 e. The molecule has 1 aromatic carbocycles. The first-order valence-electron chi connectivity index (χ1n) is 12.1. The lowest BCUT2D eigenvalue weighted by molar-refractivity contribution is -0.122. The molecule has 10 heteroatoms. The van der Waals surface area contributed by atoms with Gasteiger partial charge in [-0.2, -0.15) is 11.3 Å². The first-order valence-corrected chi connectivity index (χ1v) is 14.6. The van der Waals surface area contributed by atoms with Crippen molar-refractivity contribution in [2.45, 2.75) is 58.2 Å². The van der Waals surface area contributed by atoms with Crippen molar-refractivity contribution in [3.63, 3.8) is 0 Å². The average molecular weight is 526 g/mol. The molecule has 35 heavy (non-hydrogen) atoms. The number of aliphatic hydroxyl groups excluding tert-OH is 1. The van der Waals surface area contributed by atoms with E-state index in [1.807, 2.05) is 54.9 Å². The minimum Gasteiger partial charge on any atom is -0.497 e. The van der Waals surface area contributed by atoms with Crippen molar-refractivity contribution in [1.29, 1.82) is 0 Å². The van der Waals surface area contributed by atoms with Gasteiger partial charge in [0.15, 0.2) is 0 Å². The molecule has 2 atom stereocenters. The highest BCUT2D eigenvalue weighted by atomic mass is 32.2. The van der Waals surface area contributed by atoms with Gasteiger partial charge in [-0.15, -0.1) is 0 Å². The van der Waals surface area contributed by atoms with Crippen LogP contribution in [0.4, 0.5) is 0 Å². The fourth-order valence-corrected chi connectivity index (χ4v) is 6.06. The predicted molar refractivity (Wildman–Crippen MR) is 141 cm³/mol. The summed E-state index contributed by atoms with van der Waals surface area (Å²) in [6.45, 7) is 5.58. The molecule has 0 radical (unpaired) electrons. The van der Waals surface area contributed by atoms with Crippen LogP contribution in [0.2, 0.25) is 0 Å². The van der Waals surface area contributed by atoms with E-state index < -0.39 is 22.2 Å². The van der Waals surface area contributed by atoms with Crippen molar-refractivity contribution in [3.8, 4) is 5.75 Å². The number of nitrogens with zero attached hydrogens (tertiary/aromatic N) is 1. The van der Waals surface area contributed by atoms with Gasteiger partial charge in [0.1, 0.15) is 5.75 Å². The van der Waals surface area contributed by atoms with E-state index in [9.17, 15) is 18.3 Å². The molecular formula is C25H39N3O5S2. The van der Waals surface area contributed by atoms with Crippen LogP contribution in [0.5, 0.6) is 5.75 Å². The summed E-state index contributed by atoms with van der Waals surface area (Å²) >= 11 is 1.55. The number of sulfonamides is 1. The second-order valence-corrected chi connectivity index (χ2v) is 11.4. The Morgan fingerprint density at radius 2 is 1.91 bits per heavy atom. The number of carbonyl (C=O) groups excluding carboxylic acids is 1. The van der Waals surface area contributed by atoms with Gasteiger partial charge in [0.2, 0.25) is 15.9 Å². The molecule has 0 aliphatic carbocycles. The lowest BCUT2D eigenvalue weighted by Crippen LogP contribution is -2.49. The van der Waals surface area contributed by atoms with Crippen molar-refractivity contribution in [1.82, 2.24) is 14.9 Å². The van der Waals surface area contributed by atoms with Gasteiger partial charge in [0.05, 0.1) is 25.0 Å². The fourth-order valence-electron chi connectivity index (χ4n) is 3.75. The Bertz CT molecular complexity index is 977. The molecule has 2 unspecified atom stereocenters. The van der Waals surface area contributed by atoms with E-state index in [1.54, 1.807) is 18.4 Å². The molecule has 3 N–H and O–H groups in total. The zero-order chi connectivity index (χ0) is 25.7. The van der Waals surface area contributed by atoms with Gasteiger partial charge in [-0.05, 0) is 59.3 Å². The molecule has 2 rings (SSSR count). The van der Waals surface area contributed by atoms with Gasteiger partial charge >= 0.3 is 0 Å². The van der Waals surface area contributed by atoms with Gasteiger partial charge in [-0.3, -0.25) is 4.79 Å². The number of aliphatic hydroxyl groups is 1. The Kier molecular flexibility index (Phi) is 12.7. The maximum absolute atomic E-state index is 12.7. The smallest absolute Gasteiger partial charge is 0.221 e. The molecule has 0 spiro atoms. The lowest BCUT2D eigenvalue weighted by atomic mass is 10.0. The molecule has 0 fully saturated rings. The van der Waals surface area contributed by atoms with Crippen LogP contribution in [0.3, 0.4) is 0 Å². The Balaban J connectivity index is 1.95. The van der Waals surface area contributed by atoms with Gasteiger partial charge in [0, 0.05) is 32.6 Å². The monoisotopic (exact) mass is 525 g/mol. The number of rotatable bonds is 17. The summed E-state index contributed by atoms with van der Waals surface area (Å²) < 4.78 is 32.1. The summed E-state index contributed by atoms with van der Waals surface area (Å²) in [4.78, 5) is 12.7. The lowest BCUT2D eigenvalue weighted by Gasteiger charge is -2.25. The zero-order valence-electron chi connectivity index (χ0n) is 20.9. The predicted octanol–water partition coefficient (Wildman–Crippen LogP) is 2.78. The number of amides is 1. The minimum atomic E-state index is -3.51. The fraction of sp³-hybridized carbons (Fsp3) is 0.560. The maximum atomic E-state index is 12.7. The normalized spacial score (nSPS) is 13.5. The Labute approximate surface area is 213 Å². The minimum absolute atomic E-state index is 0.143. The quantitative estimate of drug-likeness (QED) is 0.293. The van der Waals surface area contributed by atoms with Crippen LogP contribution in [0.15, 0.2) is 41.1 Å². The topological polar surface area (TPSA) is 108 Å². The third-order valence-electron chi connectivity index (χ3n) is 5.59. The molecule has 0 aliphatic rings. The van der Waals surface area contributed by atoms with Crippen LogP contribution >= 0.6 is 11.3 Å². The summed E-state index contributed by atoms with van der Waals surface area (Å²) in [7, 11) is -1.89. The van der Waals surface area contributed by atoms with Crippen LogP contribution in [0.25, 0.3) is 0 Å². The van der Waals surface area contributed by atoms with E-state index in [1.165, 1.54) is 4.31 Å². The standard InChI is InChI=1S/C25H39N3O5S2/c1-4-11-28(12-5-2)35(31,32)14-10-25(30)27-23(16-21-9-13-34-19-21)24(29)18-26-17-20-7-6-8-22(15-20)33-3/h6-9,13,15,19,23-24,26,29H,4-5,10-12,14,16-18H2,1-3H3,(H,27,30). The highest BCUT2D eigenvalue weighted by Gasteiger charge is 2.25. The van der Waals surface area contributed by atoms with Gasteiger partial charge in [-0.25, -0.2) is 12.7 Å². The highest BCUT2D eigenvalue weighted by Crippen LogP contribution is 2.14. The van der Waals surface area contributed by atoms with Crippen LogP contribution < -0.4 is 15.4 Å². The van der Waals surface area contributed by atoms with Crippen LogP contribution in [-0.2, 0) is 27.8 Å². The molecule has 1 aromatic heterocycles. The van der Waals surface area contributed by atoms with Crippen LogP contribution in [0, 0.1) is 0 Å². The molecule has 0 bridgehead atoms. The third kappa shape index (κ3) is 10.3. The number of hydrogen-bond donors (Lipinski definition) is 3. The molecular weight excluding hydrogens is 486 g/mol. The van der Waals surface area contributed by atoms with Crippen molar-refractivity contribution in [3.05, 3.63) is 52.2 Å². The van der Waals surface area contributed by atoms with Crippen molar-refractivity contribution < 1.29 is 23.1 Å². The molecule has 8 nitrogen and oxygen atoms in total.